The van der Waals surface area contributed by atoms with Gasteiger partial charge in [0.1, 0.15) is 5.75 Å². The molecular weight excluding hydrogens is 468 g/mol. The van der Waals surface area contributed by atoms with Crippen LogP contribution in [0.1, 0.15) is 81.6 Å². The summed E-state index contributed by atoms with van der Waals surface area (Å²) in [6.07, 6.45) is 4.29. The third-order valence-electron chi connectivity index (χ3n) is 7.92. The number of carbonyl (C=O) groups excluding carboxylic acids is 2. The first-order chi connectivity index (χ1) is 17.6. The minimum absolute atomic E-state index is 0.115. The van der Waals surface area contributed by atoms with Crippen molar-refractivity contribution in [1.82, 2.24) is 4.90 Å². The van der Waals surface area contributed by atoms with E-state index in [0.717, 1.165) is 24.1 Å². The summed E-state index contributed by atoms with van der Waals surface area (Å²) in [5.74, 6) is -0.461. The van der Waals surface area contributed by atoms with E-state index in [1.165, 1.54) is 6.42 Å². The van der Waals surface area contributed by atoms with E-state index in [1.54, 1.807) is 38.1 Å². The predicted octanol–water partition coefficient (Wildman–Crippen LogP) is 5.49. The van der Waals surface area contributed by atoms with E-state index < -0.39 is 11.4 Å². The summed E-state index contributed by atoms with van der Waals surface area (Å²) in [4.78, 5) is 42.4. The topological polar surface area (TPSA) is 87.2 Å². The van der Waals surface area contributed by atoms with Gasteiger partial charge in [-0.3, -0.25) is 14.4 Å². The second kappa shape index (κ2) is 11.0. The van der Waals surface area contributed by atoms with E-state index in [9.17, 15) is 19.5 Å². The quantitative estimate of drug-likeness (QED) is 0.486. The summed E-state index contributed by atoms with van der Waals surface area (Å²) < 4.78 is 5.73. The Kier molecular flexibility index (Phi) is 7.90. The second-order valence-electron chi connectivity index (χ2n) is 10.9. The molecule has 2 aliphatic rings. The number of nitrogens with zero attached hydrogens (tertiary/aromatic N) is 2. The number of carboxylic acid groups (broad SMARTS) is 1. The summed E-state index contributed by atoms with van der Waals surface area (Å²) in [6, 6.07) is 14.9. The normalized spacial score (nSPS) is 19.5. The summed E-state index contributed by atoms with van der Waals surface area (Å²) in [5.41, 5.74) is 1.39. The zero-order chi connectivity index (χ0) is 26.7. The van der Waals surface area contributed by atoms with Crippen molar-refractivity contribution < 1.29 is 24.2 Å². The molecule has 37 heavy (non-hydrogen) atoms. The van der Waals surface area contributed by atoms with Gasteiger partial charge in [-0.05, 0) is 95.7 Å². The van der Waals surface area contributed by atoms with Gasteiger partial charge in [-0.15, -0.1) is 0 Å². The molecule has 0 bridgehead atoms. The van der Waals surface area contributed by atoms with Gasteiger partial charge in [0.2, 0.25) is 5.91 Å². The number of aliphatic carboxylic acids is 1. The summed E-state index contributed by atoms with van der Waals surface area (Å²) >= 11 is 0. The van der Waals surface area contributed by atoms with Crippen LogP contribution < -0.4 is 9.64 Å². The number of rotatable bonds is 9. The molecule has 0 aromatic heterocycles. The van der Waals surface area contributed by atoms with Gasteiger partial charge in [-0.1, -0.05) is 18.2 Å². The van der Waals surface area contributed by atoms with Crippen LogP contribution in [0.15, 0.2) is 48.5 Å². The van der Waals surface area contributed by atoms with Crippen LogP contribution in [0.2, 0.25) is 0 Å². The highest BCUT2D eigenvalue weighted by Crippen LogP contribution is 2.41. The number of ether oxygens (including phenoxy) is 1. The number of carboxylic acids is 1. The van der Waals surface area contributed by atoms with E-state index in [2.05, 4.69) is 0 Å². The van der Waals surface area contributed by atoms with E-state index >= 15 is 0 Å². The average molecular weight is 507 g/mol. The van der Waals surface area contributed by atoms with Crippen molar-refractivity contribution in [3.05, 3.63) is 59.7 Å². The number of anilines is 1. The molecule has 1 saturated carbocycles. The fourth-order valence-electron chi connectivity index (χ4n) is 5.21. The zero-order valence-corrected chi connectivity index (χ0v) is 22.3. The van der Waals surface area contributed by atoms with Gasteiger partial charge in [0.15, 0.2) is 0 Å². The Bertz CT molecular complexity index is 1140. The highest BCUT2D eigenvalue weighted by atomic mass is 16.5. The molecule has 7 heteroatoms. The molecule has 0 radical (unpaired) electrons. The number of benzene rings is 2. The lowest BCUT2D eigenvalue weighted by molar-refractivity contribution is -0.147. The fourth-order valence-corrected chi connectivity index (χ4v) is 5.21. The van der Waals surface area contributed by atoms with Crippen LogP contribution in [-0.2, 0) is 9.59 Å². The first-order valence-corrected chi connectivity index (χ1v) is 13.3. The molecule has 0 unspecified atom stereocenters. The Morgan fingerprint density at radius 1 is 1.08 bits per heavy atom. The van der Waals surface area contributed by atoms with Gasteiger partial charge in [0, 0.05) is 29.9 Å². The Balaban J connectivity index is 1.50. The molecular formula is C30H38N2O5. The predicted molar refractivity (Wildman–Crippen MR) is 143 cm³/mol. The van der Waals surface area contributed by atoms with Gasteiger partial charge in [-0.25, -0.2) is 0 Å². The van der Waals surface area contributed by atoms with Crippen LogP contribution in [0.5, 0.6) is 5.75 Å². The lowest BCUT2D eigenvalue weighted by Crippen LogP contribution is -2.50. The smallest absolute Gasteiger partial charge is 0.309 e. The molecule has 7 nitrogen and oxygen atoms in total. The van der Waals surface area contributed by atoms with Crippen molar-refractivity contribution in [2.45, 2.75) is 77.8 Å². The zero-order valence-electron chi connectivity index (χ0n) is 22.3. The number of carbonyl (C=O) groups is 3. The van der Waals surface area contributed by atoms with Gasteiger partial charge in [0.25, 0.3) is 5.91 Å². The maximum atomic E-state index is 13.7. The Morgan fingerprint density at radius 3 is 2.35 bits per heavy atom. The van der Waals surface area contributed by atoms with Crippen molar-refractivity contribution in [2.24, 2.45) is 5.41 Å². The second-order valence-corrected chi connectivity index (χ2v) is 10.9. The largest absolute Gasteiger partial charge is 0.494 e. The van der Waals surface area contributed by atoms with Crippen LogP contribution in [0.4, 0.5) is 5.69 Å². The molecule has 0 saturated heterocycles. The molecule has 1 aliphatic carbocycles. The molecule has 1 fully saturated rings. The van der Waals surface area contributed by atoms with Crippen molar-refractivity contribution in [1.29, 1.82) is 0 Å². The maximum absolute atomic E-state index is 13.7. The standard InChI is InChI=1S/C30H38N2O5/c1-5-31(22-9-8-10-22)28(34)25-19-20(2)32(26-12-7-6-11-24(25)26)27(33)21-13-15-23(16-14-21)37-18-17-30(3,4)29(35)36/h6-7,11-16,20,22,25H,5,8-10,17-19H2,1-4H3,(H,35,36)/t20-,25-/m0/s1. The van der Waals surface area contributed by atoms with Crippen LogP contribution >= 0.6 is 0 Å². The van der Waals surface area contributed by atoms with Crippen LogP contribution in [0.3, 0.4) is 0 Å². The van der Waals surface area contributed by atoms with E-state index in [4.69, 9.17) is 4.74 Å². The van der Waals surface area contributed by atoms with Gasteiger partial charge >= 0.3 is 5.97 Å². The van der Waals surface area contributed by atoms with Crippen LogP contribution in [-0.4, -0.2) is 53.0 Å². The number of fused-ring (bicyclic) bond motifs is 1. The van der Waals surface area contributed by atoms with Crippen molar-refractivity contribution in [3.8, 4) is 5.75 Å². The lowest BCUT2D eigenvalue weighted by Gasteiger charge is -2.43. The molecule has 4 rings (SSSR count). The molecule has 1 heterocycles. The van der Waals surface area contributed by atoms with E-state index in [1.807, 2.05) is 47.9 Å². The highest BCUT2D eigenvalue weighted by molar-refractivity contribution is 6.08. The molecule has 0 spiro atoms. The summed E-state index contributed by atoms with van der Waals surface area (Å²) in [6.45, 7) is 8.38. The number of para-hydroxylation sites is 1. The first-order valence-electron chi connectivity index (χ1n) is 13.3. The third kappa shape index (κ3) is 5.50. The van der Waals surface area contributed by atoms with E-state index in [0.29, 0.717) is 36.7 Å². The van der Waals surface area contributed by atoms with Crippen LogP contribution in [0, 0.1) is 5.41 Å². The molecule has 2 atom stereocenters. The Morgan fingerprint density at radius 2 is 1.76 bits per heavy atom. The average Bonchev–Trinajstić information content (AvgIpc) is 2.85. The number of hydrogen-bond acceptors (Lipinski definition) is 4. The SMILES string of the molecule is CCN(C(=O)[C@H]1C[C@H](C)N(C(=O)c2ccc(OCCC(C)(C)C(=O)O)cc2)c2ccccc21)C1CCC1. The van der Waals surface area contributed by atoms with Crippen molar-refractivity contribution >= 4 is 23.5 Å². The van der Waals surface area contributed by atoms with Crippen molar-refractivity contribution in [3.63, 3.8) is 0 Å². The molecule has 198 valence electrons. The lowest BCUT2D eigenvalue weighted by atomic mass is 9.83. The molecule has 1 aliphatic heterocycles. The highest BCUT2D eigenvalue weighted by Gasteiger charge is 2.40. The molecule has 1 N–H and O–H groups in total. The molecule has 2 aromatic carbocycles. The fraction of sp³-hybridized carbons (Fsp3) is 0.500. The van der Waals surface area contributed by atoms with Crippen LogP contribution in [0.25, 0.3) is 0 Å². The number of likely N-dealkylation sites (N-methyl/N-ethyl adjacent to an activating group) is 1. The number of amides is 2. The van der Waals surface area contributed by atoms with Gasteiger partial charge in [0.05, 0.1) is 17.9 Å². The summed E-state index contributed by atoms with van der Waals surface area (Å²) in [7, 11) is 0. The Labute approximate surface area is 219 Å². The molecule has 2 aromatic rings. The number of hydrogen-bond donors (Lipinski definition) is 1. The monoisotopic (exact) mass is 506 g/mol. The minimum Gasteiger partial charge on any atom is -0.494 e. The minimum atomic E-state index is -0.862. The summed E-state index contributed by atoms with van der Waals surface area (Å²) in [5, 5.41) is 9.26. The third-order valence-corrected chi connectivity index (χ3v) is 7.92. The van der Waals surface area contributed by atoms with Gasteiger partial charge < -0.3 is 19.6 Å². The molecule has 2 amide bonds. The van der Waals surface area contributed by atoms with E-state index in [-0.39, 0.29) is 30.4 Å². The Hall–Kier alpha value is -3.35. The van der Waals surface area contributed by atoms with Crippen molar-refractivity contribution in [2.75, 3.05) is 18.1 Å². The maximum Gasteiger partial charge on any atom is 0.309 e. The first kappa shape index (κ1) is 26.7. The van der Waals surface area contributed by atoms with Gasteiger partial charge in [-0.2, -0.15) is 0 Å².